The number of ether oxygens (including phenoxy) is 1. The molecule has 0 unspecified atom stereocenters. The van der Waals surface area contributed by atoms with Gasteiger partial charge in [-0.25, -0.2) is 14.2 Å². The fourth-order valence-corrected chi connectivity index (χ4v) is 1.44. The topological polar surface area (TPSA) is 115 Å². The first kappa shape index (κ1) is 14.2. The molecule has 108 valence electrons. The number of hydrogen-bond acceptors (Lipinski definition) is 5. The van der Waals surface area contributed by atoms with Crippen LogP contribution in [-0.4, -0.2) is 21.1 Å². The Morgan fingerprint density at radius 3 is 2.67 bits per heavy atom. The Labute approximate surface area is 117 Å². The standard InChI is InChI=1S/C12H8FN3O5/c13-9-5-7(15-12(17)18)1-3-10(9)21-11-4-2-8(6-14-11)16(19)20/h1-6,15H,(H,17,18). The zero-order valence-electron chi connectivity index (χ0n) is 10.3. The third kappa shape index (κ3) is 3.62. The highest BCUT2D eigenvalue weighted by Crippen LogP contribution is 2.26. The summed E-state index contributed by atoms with van der Waals surface area (Å²) in [6.45, 7) is 0. The third-order valence-corrected chi connectivity index (χ3v) is 2.33. The Morgan fingerprint density at radius 2 is 2.14 bits per heavy atom. The molecule has 0 radical (unpaired) electrons. The van der Waals surface area contributed by atoms with Gasteiger partial charge in [-0.15, -0.1) is 0 Å². The molecule has 1 aromatic carbocycles. The highest BCUT2D eigenvalue weighted by molar-refractivity contribution is 5.82. The maximum Gasteiger partial charge on any atom is 0.409 e. The number of pyridine rings is 1. The van der Waals surface area contributed by atoms with Gasteiger partial charge in [-0.05, 0) is 12.1 Å². The van der Waals surface area contributed by atoms with Crippen molar-refractivity contribution in [2.24, 2.45) is 0 Å². The smallest absolute Gasteiger partial charge is 0.409 e. The van der Waals surface area contributed by atoms with Crippen molar-refractivity contribution in [1.29, 1.82) is 0 Å². The first-order valence-corrected chi connectivity index (χ1v) is 5.53. The number of carbonyl (C=O) groups is 1. The average Bonchev–Trinajstić information content (AvgIpc) is 2.42. The minimum absolute atomic E-state index is 0.0292. The summed E-state index contributed by atoms with van der Waals surface area (Å²) in [5.41, 5.74) is -0.173. The van der Waals surface area contributed by atoms with Crippen LogP contribution in [0.3, 0.4) is 0 Å². The second-order valence-electron chi connectivity index (χ2n) is 3.79. The molecule has 2 aromatic rings. The molecule has 0 aliphatic heterocycles. The van der Waals surface area contributed by atoms with E-state index in [1.165, 1.54) is 24.3 Å². The number of rotatable bonds is 4. The number of aromatic nitrogens is 1. The lowest BCUT2D eigenvalue weighted by molar-refractivity contribution is -0.385. The second kappa shape index (κ2) is 5.82. The normalized spacial score (nSPS) is 9.95. The molecule has 1 aromatic heterocycles. The van der Waals surface area contributed by atoms with Crippen LogP contribution in [0.4, 0.5) is 20.6 Å². The van der Waals surface area contributed by atoms with Crippen molar-refractivity contribution in [1.82, 2.24) is 4.98 Å². The fourth-order valence-electron chi connectivity index (χ4n) is 1.44. The molecule has 1 amide bonds. The molecular formula is C12H8FN3O5. The summed E-state index contributed by atoms with van der Waals surface area (Å²) in [6.07, 6.45) is -0.340. The van der Waals surface area contributed by atoms with E-state index < -0.39 is 16.8 Å². The van der Waals surface area contributed by atoms with E-state index in [4.69, 9.17) is 9.84 Å². The largest absolute Gasteiger partial charge is 0.465 e. The maximum absolute atomic E-state index is 13.7. The van der Waals surface area contributed by atoms with Crippen molar-refractivity contribution in [2.75, 3.05) is 5.32 Å². The van der Waals surface area contributed by atoms with Crippen molar-refractivity contribution < 1.29 is 24.0 Å². The summed E-state index contributed by atoms with van der Waals surface area (Å²) in [5, 5.41) is 21.0. The molecule has 0 saturated heterocycles. The predicted octanol–water partition coefficient (Wildman–Crippen LogP) is 3.01. The van der Waals surface area contributed by atoms with E-state index in [9.17, 15) is 19.3 Å². The molecule has 2 rings (SSSR count). The molecule has 8 nitrogen and oxygen atoms in total. The van der Waals surface area contributed by atoms with Gasteiger partial charge in [-0.1, -0.05) is 0 Å². The lowest BCUT2D eigenvalue weighted by atomic mass is 10.3. The molecular weight excluding hydrogens is 285 g/mol. The predicted molar refractivity (Wildman–Crippen MR) is 69.0 cm³/mol. The van der Waals surface area contributed by atoms with Crippen LogP contribution in [-0.2, 0) is 0 Å². The van der Waals surface area contributed by atoms with E-state index in [1.54, 1.807) is 0 Å². The maximum atomic E-state index is 13.7. The molecule has 0 aliphatic carbocycles. The van der Waals surface area contributed by atoms with Crippen molar-refractivity contribution in [2.45, 2.75) is 0 Å². The molecule has 0 atom stereocenters. The molecule has 0 aliphatic rings. The van der Waals surface area contributed by atoms with E-state index >= 15 is 0 Å². The van der Waals surface area contributed by atoms with E-state index in [-0.39, 0.29) is 23.0 Å². The van der Waals surface area contributed by atoms with Gasteiger partial charge in [0.05, 0.1) is 4.92 Å². The number of halogens is 1. The number of hydrogen-bond donors (Lipinski definition) is 2. The van der Waals surface area contributed by atoms with Crippen LogP contribution in [0.2, 0.25) is 0 Å². The minimum atomic E-state index is -1.32. The summed E-state index contributed by atoms with van der Waals surface area (Å²) in [6, 6.07) is 5.85. The van der Waals surface area contributed by atoms with E-state index in [1.807, 2.05) is 5.32 Å². The number of amides is 1. The monoisotopic (exact) mass is 293 g/mol. The van der Waals surface area contributed by atoms with Crippen molar-refractivity contribution in [3.63, 3.8) is 0 Å². The minimum Gasteiger partial charge on any atom is -0.465 e. The Hall–Kier alpha value is -3.23. The Kier molecular flexibility index (Phi) is 3.93. The van der Waals surface area contributed by atoms with Crippen LogP contribution >= 0.6 is 0 Å². The third-order valence-electron chi connectivity index (χ3n) is 2.33. The van der Waals surface area contributed by atoms with Gasteiger partial charge < -0.3 is 9.84 Å². The number of anilines is 1. The van der Waals surface area contributed by atoms with Gasteiger partial charge in [0.15, 0.2) is 11.6 Å². The van der Waals surface area contributed by atoms with Gasteiger partial charge in [0.2, 0.25) is 5.88 Å². The van der Waals surface area contributed by atoms with Gasteiger partial charge >= 0.3 is 6.09 Å². The van der Waals surface area contributed by atoms with E-state index in [2.05, 4.69) is 4.98 Å². The number of nitrogens with one attached hydrogen (secondary N) is 1. The van der Waals surface area contributed by atoms with Gasteiger partial charge in [0.1, 0.15) is 6.20 Å². The zero-order chi connectivity index (χ0) is 15.4. The van der Waals surface area contributed by atoms with Crippen molar-refractivity contribution in [3.05, 3.63) is 52.5 Å². The summed E-state index contributed by atoms with van der Waals surface area (Å²) in [4.78, 5) is 23.9. The van der Waals surface area contributed by atoms with Crippen LogP contribution in [0, 0.1) is 15.9 Å². The molecule has 21 heavy (non-hydrogen) atoms. The van der Waals surface area contributed by atoms with E-state index in [0.717, 1.165) is 12.3 Å². The lowest BCUT2D eigenvalue weighted by Crippen LogP contribution is -2.07. The molecule has 0 fully saturated rings. The van der Waals surface area contributed by atoms with Gasteiger partial charge in [0, 0.05) is 23.9 Å². The lowest BCUT2D eigenvalue weighted by Gasteiger charge is -2.07. The summed E-state index contributed by atoms with van der Waals surface area (Å²) in [7, 11) is 0. The molecule has 2 N–H and O–H groups in total. The van der Waals surface area contributed by atoms with Gasteiger partial charge in [0.25, 0.3) is 5.69 Å². The Balaban J connectivity index is 2.15. The van der Waals surface area contributed by atoms with Crippen LogP contribution in [0.15, 0.2) is 36.5 Å². The van der Waals surface area contributed by atoms with Gasteiger partial charge in [-0.2, -0.15) is 0 Å². The molecule has 0 bridgehead atoms. The van der Waals surface area contributed by atoms with Crippen molar-refractivity contribution in [3.8, 4) is 11.6 Å². The average molecular weight is 293 g/mol. The van der Waals surface area contributed by atoms with Crippen LogP contribution in [0.5, 0.6) is 11.6 Å². The highest BCUT2D eigenvalue weighted by atomic mass is 19.1. The van der Waals surface area contributed by atoms with Crippen molar-refractivity contribution >= 4 is 17.5 Å². The number of benzene rings is 1. The fraction of sp³-hybridized carbons (Fsp3) is 0. The van der Waals surface area contributed by atoms with Crippen LogP contribution in [0.25, 0.3) is 0 Å². The zero-order valence-corrected chi connectivity index (χ0v) is 10.3. The summed E-state index contributed by atoms with van der Waals surface area (Å²) < 4.78 is 18.8. The van der Waals surface area contributed by atoms with Crippen LogP contribution < -0.4 is 10.1 Å². The molecule has 1 heterocycles. The molecule has 0 saturated carbocycles. The molecule has 0 spiro atoms. The number of carboxylic acid groups (broad SMARTS) is 1. The number of nitrogens with zero attached hydrogens (tertiary/aromatic N) is 2. The highest BCUT2D eigenvalue weighted by Gasteiger charge is 2.10. The van der Waals surface area contributed by atoms with Gasteiger partial charge in [-0.3, -0.25) is 15.4 Å². The summed E-state index contributed by atoms with van der Waals surface area (Å²) >= 11 is 0. The van der Waals surface area contributed by atoms with E-state index in [0.29, 0.717) is 0 Å². The van der Waals surface area contributed by atoms with Crippen LogP contribution in [0.1, 0.15) is 0 Å². The quantitative estimate of drug-likeness (QED) is 0.661. The number of nitro groups is 1. The second-order valence-corrected chi connectivity index (χ2v) is 3.79. The Bertz CT molecular complexity index is 690. The first-order chi connectivity index (χ1) is 9.95. The summed E-state index contributed by atoms with van der Waals surface area (Å²) in [5.74, 6) is -1.02. The Morgan fingerprint density at radius 1 is 1.38 bits per heavy atom. The first-order valence-electron chi connectivity index (χ1n) is 5.53. The molecule has 9 heteroatoms. The SMILES string of the molecule is O=C(O)Nc1ccc(Oc2ccc([N+](=O)[O-])cn2)c(F)c1.